The minimum Gasteiger partial charge on any atom is -0.378 e. The maximum absolute atomic E-state index is 12.2. The van der Waals surface area contributed by atoms with Crippen molar-refractivity contribution in [2.45, 2.75) is 6.54 Å². The molecule has 1 aromatic carbocycles. The molecule has 1 N–H and O–H groups in total. The van der Waals surface area contributed by atoms with Crippen molar-refractivity contribution in [2.24, 2.45) is 0 Å². The van der Waals surface area contributed by atoms with E-state index in [0.29, 0.717) is 11.4 Å². The Labute approximate surface area is 149 Å². The number of hydrogen-bond donors (Lipinski definition) is 1. The monoisotopic (exact) mass is 354 g/mol. The quantitative estimate of drug-likeness (QED) is 0.765. The SMILES string of the molecule is CN(C)c1ccc(NC(=O)Cn2cnc(-c3cccs3)cc2=O)cc1. The maximum Gasteiger partial charge on any atom is 0.254 e. The van der Waals surface area contributed by atoms with Crippen LogP contribution in [0.4, 0.5) is 11.4 Å². The van der Waals surface area contributed by atoms with Gasteiger partial charge in [-0.25, -0.2) is 4.98 Å². The number of carbonyl (C=O) groups excluding carboxylic acids is 1. The summed E-state index contributed by atoms with van der Waals surface area (Å²) in [5.41, 5.74) is 2.10. The number of anilines is 2. The lowest BCUT2D eigenvalue weighted by molar-refractivity contribution is -0.116. The lowest BCUT2D eigenvalue weighted by Gasteiger charge is -2.13. The Morgan fingerprint density at radius 1 is 1.24 bits per heavy atom. The van der Waals surface area contributed by atoms with Gasteiger partial charge in [0.25, 0.3) is 5.56 Å². The van der Waals surface area contributed by atoms with E-state index < -0.39 is 0 Å². The number of carbonyl (C=O) groups is 1. The molecule has 2 heterocycles. The van der Waals surface area contributed by atoms with Crippen molar-refractivity contribution in [3.05, 3.63) is 64.5 Å². The van der Waals surface area contributed by atoms with E-state index in [4.69, 9.17) is 0 Å². The van der Waals surface area contributed by atoms with Gasteiger partial charge in [0.1, 0.15) is 6.54 Å². The van der Waals surface area contributed by atoms with E-state index in [0.717, 1.165) is 10.6 Å². The second-order valence-electron chi connectivity index (χ2n) is 5.71. The number of nitrogens with zero attached hydrogens (tertiary/aromatic N) is 3. The third-order valence-corrected chi connectivity index (χ3v) is 4.53. The van der Waals surface area contributed by atoms with Crippen molar-refractivity contribution in [1.29, 1.82) is 0 Å². The zero-order valence-electron chi connectivity index (χ0n) is 14.0. The first-order valence-electron chi connectivity index (χ1n) is 7.70. The second kappa shape index (κ2) is 7.31. The first kappa shape index (κ1) is 16.9. The van der Waals surface area contributed by atoms with E-state index in [1.165, 1.54) is 28.3 Å². The molecule has 6 nitrogen and oxygen atoms in total. The molecule has 0 fully saturated rings. The van der Waals surface area contributed by atoms with Gasteiger partial charge in [-0.2, -0.15) is 0 Å². The van der Waals surface area contributed by atoms with E-state index in [-0.39, 0.29) is 18.0 Å². The molecule has 0 aliphatic carbocycles. The third kappa shape index (κ3) is 4.13. The fourth-order valence-electron chi connectivity index (χ4n) is 2.30. The summed E-state index contributed by atoms with van der Waals surface area (Å²) in [6.07, 6.45) is 1.41. The van der Waals surface area contributed by atoms with Crippen molar-refractivity contribution in [2.75, 3.05) is 24.3 Å². The normalized spacial score (nSPS) is 10.5. The summed E-state index contributed by atoms with van der Waals surface area (Å²) >= 11 is 1.52. The van der Waals surface area contributed by atoms with Gasteiger partial charge in [0.15, 0.2) is 0 Å². The highest BCUT2D eigenvalue weighted by Crippen LogP contribution is 2.20. The number of nitrogens with one attached hydrogen (secondary N) is 1. The molecule has 3 rings (SSSR count). The highest BCUT2D eigenvalue weighted by Gasteiger charge is 2.08. The molecular formula is C18H18N4O2S. The van der Waals surface area contributed by atoms with E-state index in [1.54, 1.807) is 0 Å². The van der Waals surface area contributed by atoms with Crippen LogP contribution in [0.15, 0.2) is 59.0 Å². The fourth-order valence-corrected chi connectivity index (χ4v) is 3.00. The Hall–Kier alpha value is -2.93. The smallest absolute Gasteiger partial charge is 0.254 e. The molecule has 0 aliphatic rings. The van der Waals surface area contributed by atoms with Crippen LogP contribution in [0, 0.1) is 0 Å². The average molecular weight is 354 g/mol. The fraction of sp³-hybridized carbons (Fsp3) is 0.167. The highest BCUT2D eigenvalue weighted by atomic mass is 32.1. The van der Waals surface area contributed by atoms with E-state index in [1.807, 2.05) is 60.8 Å². The van der Waals surface area contributed by atoms with E-state index in [2.05, 4.69) is 10.3 Å². The van der Waals surface area contributed by atoms with Crippen LogP contribution in [0.1, 0.15) is 0 Å². The molecule has 128 valence electrons. The first-order chi connectivity index (χ1) is 12.0. The van der Waals surface area contributed by atoms with Crippen LogP contribution in [-0.2, 0) is 11.3 Å². The Kier molecular flexibility index (Phi) is 4.95. The van der Waals surface area contributed by atoms with Gasteiger partial charge in [-0.1, -0.05) is 6.07 Å². The molecule has 0 aliphatic heterocycles. The molecule has 0 atom stereocenters. The van der Waals surface area contributed by atoms with Gasteiger partial charge in [-0.15, -0.1) is 11.3 Å². The Morgan fingerprint density at radius 2 is 2.00 bits per heavy atom. The summed E-state index contributed by atoms with van der Waals surface area (Å²) in [5.74, 6) is -0.273. The maximum atomic E-state index is 12.2. The molecule has 0 spiro atoms. The number of hydrogen-bond acceptors (Lipinski definition) is 5. The first-order valence-corrected chi connectivity index (χ1v) is 8.58. The topological polar surface area (TPSA) is 67.2 Å². The van der Waals surface area contributed by atoms with Crippen LogP contribution in [-0.4, -0.2) is 29.6 Å². The second-order valence-corrected chi connectivity index (χ2v) is 6.65. The molecule has 0 radical (unpaired) electrons. The van der Waals surface area contributed by atoms with Crippen molar-refractivity contribution >= 4 is 28.6 Å². The van der Waals surface area contributed by atoms with Gasteiger partial charge >= 0.3 is 0 Å². The van der Waals surface area contributed by atoms with E-state index in [9.17, 15) is 9.59 Å². The number of thiophene rings is 1. The minimum absolute atomic E-state index is 0.0774. The predicted octanol–water partition coefficient (Wildman–Crippen LogP) is 2.68. The standard InChI is InChI=1S/C18H18N4O2S/c1-21(2)14-7-5-13(6-8-14)20-17(23)11-22-12-19-15(10-18(22)24)16-4-3-9-25-16/h3-10,12H,11H2,1-2H3,(H,20,23). The molecule has 1 amide bonds. The van der Waals surface area contributed by atoms with Gasteiger partial charge in [-0.3, -0.25) is 14.2 Å². The summed E-state index contributed by atoms with van der Waals surface area (Å²) in [5, 5.41) is 4.71. The number of aromatic nitrogens is 2. The molecule has 2 aromatic heterocycles. The summed E-state index contributed by atoms with van der Waals surface area (Å²) < 4.78 is 1.29. The number of amides is 1. The van der Waals surface area contributed by atoms with Crippen LogP contribution in [0.2, 0.25) is 0 Å². The van der Waals surface area contributed by atoms with Gasteiger partial charge in [-0.05, 0) is 35.7 Å². The molecule has 0 unspecified atom stereocenters. The molecule has 0 saturated carbocycles. The molecule has 25 heavy (non-hydrogen) atoms. The van der Waals surface area contributed by atoms with Crippen molar-refractivity contribution < 1.29 is 4.79 Å². The molecule has 0 bridgehead atoms. The largest absolute Gasteiger partial charge is 0.378 e. The predicted molar refractivity (Wildman–Crippen MR) is 101 cm³/mol. The van der Waals surface area contributed by atoms with Crippen molar-refractivity contribution in [1.82, 2.24) is 9.55 Å². The van der Waals surface area contributed by atoms with Crippen LogP contribution < -0.4 is 15.8 Å². The number of benzene rings is 1. The molecule has 0 saturated heterocycles. The molecule has 7 heteroatoms. The van der Waals surface area contributed by atoms with Crippen LogP contribution >= 0.6 is 11.3 Å². The van der Waals surface area contributed by atoms with Gasteiger partial charge in [0.05, 0.1) is 16.9 Å². The minimum atomic E-state index is -0.273. The molecular weight excluding hydrogens is 336 g/mol. The number of rotatable bonds is 5. The average Bonchev–Trinajstić information content (AvgIpc) is 3.11. The zero-order valence-corrected chi connectivity index (χ0v) is 14.8. The Morgan fingerprint density at radius 3 is 2.60 bits per heavy atom. The highest BCUT2D eigenvalue weighted by molar-refractivity contribution is 7.13. The van der Waals surface area contributed by atoms with Crippen molar-refractivity contribution in [3.63, 3.8) is 0 Å². The van der Waals surface area contributed by atoms with E-state index >= 15 is 0 Å². The Balaban J connectivity index is 1.67. The van der Waals surface area contributed by atoms with Gasteiger partial charge in [0.2, 0.25) is 5.91 Å². The lowest BCUT2D eigenvalue weighted by Crippen LogP contribution is -2.27. The van der Waals surface area contributed by atoms with Crippen LogP contribution in [0.25, 0.3) is 10.6 Å². The van der Waals surface area contributed by atoms with Crippen molar-refractivity contribution in [3.8, 4) is 10.6 Å². The summed E-state index contributed by atoms with van der Waals surface area (Å²) in [6.45, 7) is -0.0774. The summed E-state index contributed by atoms with van der Waals surface area (Å²) in [6, 6.07) is 12.7. The van der Waals surface area contributed by atoms with Gasteiger partial charge in [0, 0.05) is 31.5 Å². The lowest BCUT2D eigenvalue weighted by atomic mass is 10.2. The Bertz CT molecular complexity index is 915. The third-order valence-electron chi connectivity index (χ3n) is 3.63. The summed E-state index contributed by atoms with van der Waals surface area (Å²) in [4.78, 5) is 31.5. The summed E-state index contributed by atoms with van der Waals surface area (Å²) in [7, 11) is 3.90. The van der Waals surface area contributed by atoms with Crippen LogP contribution in [0.3, 0.4) is 0 Å². The van der Waals surface area contributed by atoms with Crippen LogP contribution in [0.5, 0.6) is 0 Å². The zero-order chi connectivity index (χ0) is 17.8. The molecule has 3 aromatic rings. The van der Waals surface area contributed by atoms with Gasteiger partial charge < -0.3 is 10.2 Å².